The molecule has 0 bridgehead atoms. The lowest BCUT2D eigenvalue weighted by Gasteiger charge is -2.31. The maximum atomic E-state index is 5.59. The monoisotopic (exact) mass is 248 g/mol. The van der Waals surface area contributed by atoms with Crippen LogP contribution in [0.25, 0.3) is 0 Å². The lowest BCUT2D eigenvalue weighted by molar-refractivity contribution is 0.166. The lowest BCUT2D eigenvalue weighted by atomic mass is 10.0. The predicted octanol–water partition coefficient (Wildman–Crippen LogP) is 2.70. The number of nitrogens with two attached hydrogens (primary N) is 1. The van der Waals surface area contributed by atoms with E-state index in [0.717, 1.165) is 12.1 Å². The smallest absolute Gasteiger partial charge is 0.103 e. The normalized spacial score (nSPS) is 19.4. The molecule has 0 amide bonds. The number of thiocarbonyl (C=S) groups is 1. The van der Waals surface area contributed by atoms with Crippen LogP contribution in [0.3, 0.4) is 0 Å². The molecule has 1 aromatic rings. The molecule has 3 heteroatoms. The summed E-state index contributed by atoms with van der Waals surface area (Å²) in [6, 6.07) is 8.28. The van der Waals surface area contributed by atoms with Gasteiger partial charge in [-0.05, 0) is 38.8 Å². The molecule has 0 spiro atoms. The molecule has 1 saturated heterocycles. The largest absolute Gasteiger partial charge is 0.389 e. The van der Waals surface area contributed by atoms with E-state index in [0.29, 0.717) is 10.5 Å². The molecule has 1 fully saturated rings. The van der Waals surface area contributed by atoms with E-state index in [2.05, 4.69) is 30.9 Å². The topological polar surface area (TPSA) is 29.3 Å². The molecule has 1 aliphatic heterocycles. The van der Waals surface area contributed by atoms with E-state index < -0.39 is 0 Å². The Kier molecular flexibility index (Phi) is 3.50. The van der Waals surface area contributed by atoms with E-state index in [9.17, 15) is 0 Å². The molecule has 0 saturated carbocycles. The maximum absolute atomic E-state index is 5.59. The number of nitrogens with zero attached hydrogens (tertiary/aromatic N) is 1. The van der Waals surface area contributed by atoms with E-state index in [1.165, 1.54) is 24.9 Å². The van der Waals surface area contributed by atoms with Crippen LogP contribution in [0.15, 0.2) is 24.3 Å². The Hall–Kier alpha value is -0.930. The molecule has 92 valence electrons. The van der Waals surface area contributed by atoms with Gasteiger partial charge >= 0.3 is 0 Å². The Labute approximate surface area is 109 Å². The zero-order valence-electron chi connectivity index (χ0n) is 10.6. The van der Waals surface area contributed by atoms with Crippen molar-refractivity contribution in [3.05, 3.63) is 35.4 Å². The highest BCUT2D eigenvalue weighted by atomic mass is 32.1. The molecule has 2 rings (SSSR count). The van der Waals surface area contributed by atoms with Gasteiger partial charge in [0.1, 0.15) is 4.99 Å². The zero-order valence-corrected chi connectivity index (χ0v) is 11.4. The molecule has 0 atom stereocenters. The summed E-state index contributed by atoms with van der Waals surface area (Å²) in [6.45, 7) is 6.86. The first-order valence-electron chi connectivity index (χ1n) is 6.13. The predicted molar refractivity (Wildman–Crippen MR) is 76.1 cm³/mol. The van der Waals surface area contributed by atoms with Gasteiger partial charge in [-0.25, -0.2) is 0 Å². The molecule has 1 aromatic carbocycles. The van der Waals surface area contributed by atoms with Gasteiger partial charge in [0.05, 0.1) is 0 Å². The quantitative estimate of drug-likeness (QED) is 0.834. The average molecular weight is 248 g/mol. The number of benzene rings is 1. The van der Waals surface area contributed by atoms with Gasteiger partial charge in [0.2, 0.25) is 0 Å². The van der Waals surface area contributed by atoms with Crippen molar-refractivity contribution in [1.82, 2.24) is 4.90 Å². The second kappa shape index (κ2) is 4.75. The van der Waals surface area contributed by atoms with Gasteiger partial charge in [-0.1, -0.05) is 36.5 Å². The van der Waals surface area contributed by atoms with E-state index >= 15 is 0 Å². The highest BCUT2D eigenvalue weighted by molar-refractivity contribution is 7.80. The zero-order chi connectivity index (χ0) is 12.5. The minimum atomic E-state index is 0.335. The molecule has 0 aliphatic carbocycles. The Morgan fingerprint density at radius 1 is 1.35 bits per heavy atom. The van der Waals surface area contributed by atoms with Crippen LogP contribution < -0.4 is 5.73 Å². The molecule has 1 heterocycles. The van der Waals surface area contributed by atoms with Crippen LogP contribution >= 0.6 is 12.2 Å². The number of hydrogen-bond acceptors (Lipinski definition) is 2. The fraction of sp³-hybridized carbons (Fsp3) is 0.500. The molecular formula is C14H20N2S. The van der Waals surface area contributed by atoms with Crippen LogP contribution in [0.2, 0.25) is 0 Å². The first kappa shape index (κ1) is 12.5. The summed E-state index contributed by atoms with van der Waals surface area (Å²) < 4.78 is 0. The second-order valence-corrected chi connectivity index (χ2v) is 5.84. The molecule has 2 nitrogen and oxygen atoms in total. The minimum Gasteiger partial charge on any atom is -0.389 e. The van der Waals surface area contributed by atoms with Crippen LogP contribution in [0.5, 0.6) is 0 Å². The third kappa shape index (κ3) is 2.85. The van der Waals surface area contributed by atoms with E-state index in [-0.39, 0.29) is 0 Å². The molecule has 0 unspecified atom stereocenters. The number of likely N-dealkylation sites (tertiary alicyclic amines) is 1. The van der Waals surface area contributed by atoms with Crippen LogP contribution in [0.4, 0.5) is 0 Å². The van der Waals surface area contributed by atoms with Crippen molar-refractivity contribution >= 4 is 17.2 Å². The fourth-order valence-electron chi connectivity index (χ4n) is 2.45. The first-order chi connectivity index (χ1) is 7.99. The van der Waals surface area contributed by atoms with Crippen molar-refractivity contribution in [2.45, 2.75) is 38.8 Å². The average Bonchev–Trinajstić information content (AvgIpc) is 2.59. The van der Waals surface area contributed by atoms with Gasteiger partial charge < -0.3 is 5.73 Å². The minimum absolute atomic E-state index is 0.335. The first-order valence-corrected chi connectivity index (χ1v) is 6.54. The number of rotatable bonds is 3. The van der Waals surface area contributed by atoms with Crippen molar-refractivity contribution in [3.63, 3.8) is 0 Å². The molecule has 2 N–H and O–H groups in total. The van der Waals surface area contributed by atoms with Gasteiger partial charge in [0, 0.05) is 17.6 Å². The Bertz CT molecular complexity index is 409. The highest BCUT2D eigenvalue weighted by Crippen LogP contribution is 2.29. The third-order valence-electron chi connectivity index (χ3n) is 3.68. The van der Waals surface area contributed by atoms with Gasteiger partial charge in [0.25, 0.3) is 0 Å². The van der Waals surface area contributed by atoms with Gasteiger partial charge in [-0.15, -0.1) is 0 Å². The summed E-state index contributed by atoms with van der Waals surface area (Å²) in [5.74, 6) is 0. The van der Waals surface area contributed by atoms with Crippen molar-refractivity contribution in [1.29, 1.82) is 0 Å². The highest BCUT2D eigenvalue weighted by Gasteiger charge is 2.31. The Morgan fingerprint density at radius 3 is 2.47 bits per heavy atom. The van der Waals surface area contributed by atoms with Gasteiger partial charge in [-0.3, -0.25) is 4.90 Å². The molecule has 17 heavy (non-hydrogen) atoms. The van der Waals surface area contributed by atoms with Crippen molar-refractivity contribution in [2.75, 3.05) is 6.54 Å². The van der Waals surface area contributed by atoms with Gasteiger partial charge in [-0.2, -0.15) is 0 Å². The van der Waals surface area contributed by atoms with Crippen LogP contribution in [0.1, 0.15) is 37.8 Å². The molecular weight excluding hydrogens is 228 g/mol. The van der Waals surface area contributed by atoms with E-state index in [1.807, 2.05) is 12.1 Å². The SMILES string of the molecule is CC1(C)CCCN1Cc1ccc(C(N)=S)cc1. The standard InChI is InChI=1S/C14H20N2S/c1-14(2)8-3-9-16(14)10-11-4-6-12(7-5-11)13(15)17/h4-7H,3,8-10H2,1-2H3,(H2,15,17). The van der Waals surface area contributed by atoms with Crippen molar-refractivity contribution < 1.29 is 0 Å². The number of hydrogen-bond donors (Lipinski definition) is 1. The molecule has 1 aliphatic rings. The maximum Gasteiger partial charge on any atom is 0.103 e. The van der Waals surface area contributed by atoms with Gasteiger partial charge in [0.15, 0.2) is 0 Å². The summed E-state index contributed by atoms with van der Waals surface area (Å²) in [4.78, 5) is 3.01. The summed E-state index contributed by atoms with van der Waals surface area (Å²) >= 11 is 4.95. The van der Waals surface area contributed by atoms with E-state index in [4.69, 9.17) is 18.0 Å². The third-order valence-corrected chi connectivity index (χ3v) is 3.92. The Balaban J connectivity index is 2.06. The van der Waals surface area contributed by atoms with Crippen molar-refractivity contribution in [2.24, 2.45) is 5.73 Å². The van der Waals surface area contributed by atoms with Crippen LogP contribution in [-0.2, 0) is 6.54 Å². The van der Waals surface area contributed by atoms with E-state index in [1.54, 1.807) is 0 Å². The van der Waals surface area contributed by atoms with Crippen molar-refractivity contribution in [3.8, 4) is 0 Å². The van der Waals surface area contributed by atoms with Crippen LogP contribution in [0, 0.1) is 0 Å². The fourth-order valence-corrected chi connectivity index (χ4v) is 2.59. The summed E-state index contributed by atoms with van der Waals surface area (Å²) in [7, 11) is 0. The summed E-state index contributed by atoms with van der Waals surface area (Å²) in [5, 5.41) is 0. The summed E-state index contributed by atoms with van der Waals surface area (Å²) in [5.41, 5.74) is 8.21. The second-order valence-electron chi connectivity index (χ2n) is 5.40. The Morgan fingerprint density at radius 2 is 2.00 bits per heavy atom. The molecule has 0 aromatic heterocycles. The molecule has 0 radical (unpaired) electrons. The van der Waals surface area contributed by atoms with Crippen LogP contribution in [-0.4, -0.2) is 22.0 Å². The summed E-state index contributed by atoms with van der Waals surface area (Å²) in [6.07, 6.45) is 2.59. The lowest BCUT2D eigenvalue weighted by Crippen LogP contribution is -2.37.